The standard InChI is InChI=1S/C21H34N4O2.HI/c1-5-22-20(23-12-9-18-8-7-16(3)15-17(18)4)24-19-10-13-25(14-11-19)21(26)27-6-2;/h7-8,15,19H,5-6,9-14H2,1-4H3,(H2,22,23,24);1H. The van der Waals surface area contributed by atoms with E-state index in [-0.39, 0.29) is 30.1 Å². The first-order chi connectivity index (χ1) is 13.0. The molecule has 158 valence electrons. The predicted molar refractivity (Wildman–Crippen MR) is 126 cm³/mol. The van der Waals surface area contributed by atoms with Gasteiger partial charge in [0.1, 0.15) is 0 Å². The van der Waals surface area contributed by atoms with Gasteiger partial charge in [-0.1, -0.05) is 23.8 Å². The summed E-state index contributed by atoms with van der Waals surface area (Å²) in [6.07, 6.45) is 2.54. The van der Waals surface area contributed by atoms with Crippen LogP contribution in [0.5, 0.6) is 0 Å². The van der Waals surface area contributed by atoms with Crippen LogP contribution in [0, 0.1) is 13.8 Å². The van der Waals surface area contributed by atoms with E-state index in [0.29, 0.717) is 12.6 Å². The van der Waals surface area contributed by atoms with Gasteiger partial charge in [-0.05, 0) is 58.1 Å². The Morgan fingerprint density at radius 1 is 1.25 bits per heavy atom. The highest BCUT2D eigenvalue weighted by atomic mass is 127. The van der Waals surface area contributed by atoms with E-state index in [1.165, 1.54) is 16.7 Å². The van der Waals surface area contributed by atoms with Crippen molar-refractivity contribution in [2.45, 2.75) is 53.0 Å². The normalized spacial score (nSPS) is 15.0. The van der Waals surface area contributed by atoms with Gasteiger partial charge >= 0.3 is 6.09 Å². The molecule has 1 saturated heterocycles. The van der Waals surface area contributed by atoms with Gasteiger partial charge in [0.2, 0.25) is 0 Å². The average molecular weight is 502 g/mol. The zero-order valence-corrected chi connectivity index (χ0v) is 19.9. The molecular weight excluding hydrogens is 467 g/mol. The second kappa shape index (κ2) is 12.9. The van der Waals surface area contributed by atoms with Crippen LogP contribution >= 0.6 is 24.0 Å². The predicted octanol–water partition coefficient (Wildman–Crippen LogP) is 3.64. The Hall–Kier alpha value is -1.51. The minimum absolute atomic E-state index is 0. The number of halogens is 1. The number of likely N-dealkylation sites (tertiary alicyclic amines) is 1. The van der Waals surface area contributed by atoms with E-state index in [1.54, 1.807) is 4.90 Å². The molecule has 7 heteroatoms. The van der Waals surface area contributed by atoms with Crippen molar-refractivity contribution in [2.24, 2.45) is 4.99 Å². The fourth-order valence-corrected chi connectivity index (χ4v) is 3.35. The van der Waals surface area contributed by atoms with Crippen LogP contribution < -0.4 is 10.6 Å². The molecular formula is C21H35IN4O2. The van der Waals surface area contributed by atoms with E-state index in [0.717, 1.165) is 51.4 Å². The maximum absolute atomic E-state index is 11.8. The lowest BCUT2D eigenvalue weighted by atomic mass is 10.0. The van der Waals surface area contributed by atoms with Gasteiger partial charge in [-0.2, -0.15) is 0 Å². The summed E-state index contributed by atoms with van der Waals surface area (Å²) in [5.74, 6) is 0.858. The highest BCUT2D eigenvalue weighted by molar-refractivity contribution is 14.0. The number of aryl methyl sites for hydroxylation is 2. The van der Waals surface area contributed by atoms with Crippen LogP contribution in [0.25, 0.3) is 0 Å². The summed E-state index contributed by atoms with van der Waals surface area (Å²) in [6.45, 7) is 11.6. The number of guanidine groups is 1. The van der Waals surface area contributed by atoms with Gasteiger partial charge in [0.05, 0.1) is 6.61 Å². The Bertz CT molecular complexity index is 643. The van der Waals surface area contributed by atoms with Gasteiger partial charge in [-0.15, -0.1) is 24.0 Å². The van der Waals surface area contributed by atoms with Crippen molar-refractivity contribution >= 4 is 36.0 Å². The minimum atomic E-state index is -0.204. The highest BCUT2D eigenvalue weighted by Crippen LogP contribution is 2.12. The van der Waals surface area contributed by atoms with E-state index in [2.05, 4.69) is 49.6 Å². The molecule has 6 nitrogen and oxygen atoms in total. The van der Waals surface area contributed by atoms with Crippen LogP contribution in [0.2, 0.25) is 0 Å². The van der Waals surface area contributed by atoms with E-state index in [4.69, 9.17) is 9.73 Å². The topological polar surface area (TPSA) is 66.0 Å². The quantitative estimate of drug-likeness (QED) is 0.354. The minimum Gasteiger partial charge on any atom is -0.450 e. The number of piperidine rings is 1. The molecule has 0 aromatic heterocycles. The summed E-state index contributed by atoms with van der Waals surface area (Å²) in [5, 5.41) is 6.85. The lowest BCUT2D eigenvalue weighted by molar-refractivity contribution is 0.0963. The van der Waals surface area contributed by atoms with Crippen LogP contribution in [0.1, 0.15) is 43.4 Å². The van der Waals surface area contributed by atoms with E-state index >= 15 is 0 Å². The number of carbonyl (C=O) groups is 1. The Balaban J connectivity index is 0.00000392. The first-order valence-electron chi connectivity index (χ1n) is 10.1. The first-order valence-corrected chi connectivity index (χ1v) is 10.1. The fourth-order valence-electron chi connectivity index (χ4n) is 3.35. The summed E-state index contributed by atoms with van der Waals surface area (Å²) in [5.41, 5.74) is 3.97. The van der Waals surface area contributed by atoms with Gasteiger partial charge in [-0.25, -0.2) is 4.79 Å². The van der Waals surface area contributed by atoms with Gasteiger partial charge in [0, 0.05) is 32.2 Å². The summed E-state index contributed by atoms with van der Waals surface area (Å²) in [4.78, 5) is 18.3. The number of ether oxygens (including phenoxy) is 1. The van der Waals surface area contributed by atoms with Crippen molar-refractivity contribution in [3.63, 3.8) is 0 Å². The number of hydrogen-bond donors (Lipinski definition) is 2. The molecule has 28 heavy (non-hydrogen) atoms. The SMILES string of the molecule is CCNC(=NCCc1ccc(C)cc1C)NC1CCN(C(=O)OCC)CC1.I. The lowest BCUT2D eigenvalue weighted by Gasteiger charge is -2.32. The number of benzene rings is 1. The number of amides is 1. The second-order valence-electron chi connectivity index (χ2n) is 7.05. The number of carbonyl (C=O) groups excluding carboxylic acids is 1. The maximum Gasteiger partial charge on any atom is 0.409 e. The number of hydrogen-bond acceptors (Lipinski definition) is 3. The smallest absolute Gasteiger partial charge is 0.409 e. The molecule has 1 heterocycles. The van der Waals surface area contributed by atoms with E-state index in [9.17, 15) is 4.79 Å². The molecule has 0 unspecified atom stereocenters. The number of aliphatic imine (C=N–C) groups is 1. The Morgan fingerprint density at radius 3 is 2.57 bits per heavy atom. The molecule has 0 aliphatic carbocycles. The zero-order valence-electron chi connectivity index (χ0n) is 17.6. The molecule has 1 amide bonds. The summed E-state index contributed by atoms with van der Waals surface area (Å²) in [7, 11) is 0. The van der Waals surface area contributed by atoms with Gasteiger partial charge in [0.25, 0.3) is 0 Å². The molecule has 1 aromatic carbocycles. The largest absolute Gasteiger partial charge is 0.450 e. The van der Waals surface area contributed by atoms with Crippen molar-refractivity contribution in [3.8, 4) is 0 Å². The average Bonchev–Trinajstić information content (AvgIpc) is 2.64. The van der Waals surface area contributed by atoms with Crippen molar-refractivity contribution in [1.82, 2.24) is 15.5 Å². The van der Waals surface area contributed by atoms with Crippen LogP contribution in [-0.2, 0) is 11.2 Å². The van der Waals surface area contributed by atoms with Crippen molar-refractivity contribution in [1.29, 1.82) is 0 Å². The Labute approximate surface area is 186 Å². The molecule has 0 radical (unpaired) electrons. The van der Waals surface area contributed by atoms with Crippen molar-refractivity contribution in [3.05, 3.63) is 34.9 Å². The van der Waals surface area contributed by atoms with E-state index in [1.807, 2.05) is 6.92 Å². The third-order valence-corrected chi connectivity index (χ3v) is 4.86. The van der Waals surface area contributed by atoms with Crippen LogP contribution in [0.3, 0.4) is 0 Å². The monoisotopic (exact) mass is 502 g/mol. The van der Waals surface area contributed by atoms with Crippen LogP contribution in [-0.4, -0.2) is 55.8 Å². The van der Waals surface area contributed by atoms with Gasteiger partial charge in [0.15, 0.2) is 5.96 Å². The summed E-state index contributed by atoms with van der Waals surface area (Å²) in [6, 6.07) is 6.91. The number of nitrogens with one attached hydrogen (secondary N) is 2. The molecule has 1 aromatic rings. The third kappa shape index (κ3) is 7.85. The second-order valence-corrected chi connectivity index (χ2v) is 7.05. The maximum atomic E-state index is 11.8. The van der Waals surface area contributed by atoms with Gasteiger partial charge in [-0.3, -0.25) is 4.99 Å². The Kier molecular flexibility index (Phi) is 11.3. The highest BCUT2D eigenvalue weighted by Gasteiger charge is 2.23. The Morgan fingerprint density at radius 2 is 1.96 bits per heavy atom. The molecule has 1 aliphatic rings. The van der Waals surface area contributed by atoms with E-state index < -0.39 is 0 Å². The fraction of sp³-hybridized carbons (Fsp3) is 0.619. The van der Waals surface area contributed by atoms with Crippen LogP contribution in [0.4, 0.5) is 4.79 Å². The van der Waals surface area contributed by atoms with Crippen molar-refractivity contribution < 1.29 is 9.53 Å². The third-order valence-electron chi connectivity index (χ3n) is 4.86. The number of rotatable bonds is 6. The molecule has 2 rings (SSSR count). The molecule has 1 fully saturated rings. The summed E-state index contributed by atoms with van der Waals surface area (Å²) >= 11 is 0. The number of nitrogens with zero attached hydrogens (tertiary/aromatic N) is 2. The molecule has 0 atom stereocenters. The van der Waals surface area contributed by atoms with Crippen molar-refractivity contribution in [2.75, 3.05) is 32.8 Å². The molecule has 0 saturated carbocycles. The molecule has 2 N–H and O–H groups in total. The van der Waals surface area contributed by atoms with Gasteiger partial charge < -0.3 is 20.3 Å². The molecule has 0 bridgehead atoms. The van der Waals surface area contributed by atoms with Crippen LogP contribution in [0.15, 0.2) is 23.2 Å². The zero-order chi connectivity index (χ0) is 19.6. The lowest BCUT2D eigenvalue weighted by Crippen LogP contribution is -2.50. The molecule has 1 aliphatic heterocycles. The first kappa shape index (κ1) is 24.5. The molecule has 0 spiro atoms. The summed E-state index contributed by atoms with van der Waals surface area (Å²) < 4.78 is 5.08.